The Hall–Kier alpha value is -1.04. The summed E-state index contributed by atoms with van der Waals surface area (Å²) in [5, 5.41) is 3.47. The third-order valence-electron chi connectivity index (χ3n) is 3.37. The zero-order valence-corrected chi connectivity index (χ0v) is 11.2. The second-order valence-electron chi connectivity index (χ2n) is 5.22. The topological polar surface area (TPSA) is 50.3 Å². The van der Waals surface area contributed by atoms with Gasteiger partial charge in [0, 0.05) is 37.9 Å². The summed E-state index contributed by atoms with van der Waals surface area (Å²) in [7, 11) is 0. The maximum absolute atomic E-state index is 5.39. The number of aromatic nitrogens is 2. The Morgan fingerprint density at radius 2 is 2.17 bits per heavy atom. The molecular weight excluding hydrogens is 228 g/mol. The summed E-state index contributed by atoms with van der Waals surface area (Å²) in [5.74, 6) is 0. The molecule has 1 aromatic heterocycles. The smallest absolute Gasteiger partial charge is 0.115 e. The molecule has 1 aliphatic rings. The van der Waals surface area contributed by atoms with Gasteiger partial charge in [0.15, 0.2) is 0 Å². The summed E-state index contributed by atoms with van der Waals surface area (Å²) in [6.45, 7) is 9.99. The number of nitrogens with zero attached hydrogens (tertiary/aromatic N) is 3. The lowest BCUT2D eigenvalue weighted by Gasteiger charge is -2.41. The van der Waals surface area contributed by atoms with E-state index in [1.54, 1.807) is 12.5 Å². The monoisotopic (exact) mass is 250 g/mol. The van der Waals surface area contributed by atoms with Crippen molar-refractivity contribution in [1.82, 2.24) is 20.2 Å². The van der Waals surface area contributed by atoms with Crippen molar-refractivity contribution in [3.63, 3.8) is 0 Å². The SMILES string of the molecule is CC(C)(CNCc1ccncn1)N1CCOCC1. The molecule has 18 heavy (non-hydrogen) atoms. The molecule has 0 saturated carbocycles. The first-order chi connectivity index (χ1) is 8.68. The molecule has 2 heterocycles. The van der Waals surface area contributed by atoms with Crippen molar-refractivity contribution in [3.8, 4) is 0 Å². The van der Waals surface area contributed by atoms with Gasteiger partial charge in [-0.05, 0) is 19.9 Å². The Kier molecular flexibility index (Phi) is 4.63. The van der Waals surface area contributed by atoms with Gasteiger partial charge in [0.25, 0.3) is 0 Å². The van der Waals surface area contributed by atoms with E-state index in [9.17, 15) is 0 Å². The molecule has 1 saturated heterocycles. The zero-order chi connectivity index (χ0) is 12.8. The second kappa shape index (κ2) is 6.22. The summed E-state index contributed by atoms with van der Waals surface area (Å²) in [4.78, 5) is 10.6. The summed E-state index contributed by atoms with van der Waals surface area (Å²) >= 11 is 0. The molecule has 0 atom stereocenters. The van der Waals surface area contributed by atoms with Crippen LogP contribution < -0.4 is 5.32 Å². The van der Waals surface area contributed by atoms with Crippen LogP contribution in [-0.2, 0) is 11.3 Å². The van der Waals surface area contributed by atoms with Crippen molar-refractivity contribution >= 4 is 0 Å². The first-order valence-corrected chi connectivity index (χ1v) is 6.47. The van der Waals surface area contributed by atoms with Crippen molar-refractivity contribution in [2.75, 3.05) is 32.8 Å². The molecule has 1 fully saturated rings. The van der Waals surface area contributed by atoms with E-state index in [2.05, 4.69) is 34.0 Å². The highest BCUT2D eigenvalue weighted by atomic mass is 16.5. The van der Waals surface area contributed by atoms with Crippen LogP contribution in [0.25, 0.3) is 0 Å². The highest BCUT2D eigenvalue weighted by Gasteiger charge is 2.27. The standard InChI is InChI=1S/C13H22N4O/c1-13(2,17-5-7-18-8-6-17)10-15-9-12-3-4-14-11-16-12/h3-4,11,15H,5-10H2,1-2H3. The first-order valence-electron chi connectivity index (χ1n) is 6.47. The predicted molar refractivity (Wildman–Crippen MR) is 70.2 cm³/mol. The lowest BCUT2D eigenvalue weighted by molar-refractivity contribution is -0.00968. The van der Waals surface area contributed by atoms with Crippen molar-refractivity contribution in [3.05, 3.63) is 24.3 Å². The van der Waals surface area contributed by atoms with E-state index in [4.69, 9.17) is 4.74 Å². The van der Waals surface area contributed by atoms with Crippen molar-refractivity contribution < 1.29 is 4.74 Å². The van der Waals surface area contributed by atoms with Gasteiger partial charge >= 0.3 is 0 Å². The van der Waals surface area contributed by atoms with Gasteiger partial charge in [-0.25, -0.2) is 9.97 Å². The predicted octanol–water partition coefficient (Wildman–Crippen LogP) is 0.677. The van der Waals surface area contributed by atoms with Gasteiger partial charge < -0.3 is 10.1 Å². The Bertz CT molecular complexity index is 349. The molecule has 5 heteroatoms. The van der Waals surface area contributed by atoms with Crippen molar-refractivity contribution in [1.29, 1.82) is 0 Å². The molecule has 0 amide bonds. The first kappa shape index (κ1) is 13.4. The lowest BCUT2D eigenvalue weighted by Crippen LogP contribution is -2.54. The number of ether oxygens (including phenoxy) is 1. The van der Waals surface area contributed by atoms with E-state index in [0.29, 0.717) is 0 Å². The van der Waals surface area contributed by atoms with Gasteiger partial charge in [0.2, 0.25) is 0 Å². The second-order valence-corrected chi connectivity index (χ2v) is 5.22. The van der Waals surface area contributed by atoms with E-state index in [-0.39, 0.29) is 5.54 Å². The molecule has 0 unspecified atom stereocenters. The van der Waals surface area contributed by atoms with Gasteiger partial charge in [0.05, 0.1) is 18.9 Å². The lowest BCUT2D eigenvalue weighted by atomic mass is 10.0. The summed E-state index contributed by atoms with van der Waals surface area (Å²) in [6, 6.07) is 1.94. The van der Waals surface area contributed by atoms with Crippen molar-refractivity contribution in [2.45, 2.75) is 25.9 Å². The van der Waals surface area contributed by atoms with Crippen LogP contribution in [0.5, 0.6) is 0 Å². The van der Waals surface area contributed by atoms with Crippen LogP contribution in [-0.4, -0.2) is 53.3 Å². The number of morpholine rings is 1. The number of hydrogen-bond donors (Lipinski definition) is 1. The molecule has 2 rings (SSSR count). The maximum atomic E-state index is 5.39. The Balaban J connectivity index is 1.77. The molecule has 0 spiro atoms. The normalized spacial score (nSPS) is 17.9. The van der Waals surface area contributed by atoms with Gasteiger partial charge in [-0.3, -0.25) is 4.90 Å². The zero-order valence-electron chi connectivity index (χ0n) is 11.2. The third-order valence-corrected chi connectivity index (χ3v) is 3.37. The number of nitrogens with one attached hydrogen (secondary N) is 1. The number of hydrogen-bond acceptors (Lipinski definition) is 5. The Labute approximate surface area is 109 Å². The molecule has 1 aromatic rings. The minimum absolute atomic E-state index is 0.150. The molecule has 0 bridgehead atoms. The summed E-state index contributed by atoms with van der Waals surface area (Å²) in [6.07, 6.45) is 3.36. The largest absolute Gasteiger partial charge is 0.379 e. The van der Waals surface area contributed by atoms with Crippen LogP contribution in [0.3, 0.4) is 0 Å². The molecule has 0 aliphatic carbocycles. The minimum Gasteiger partial charge on any atom is -0.379 e. The highest BCUT2D eigenvalue weighted by molar-refractivity contribution is 4.97. The van der Waals surface area contributed by atoms with Crippen LogP contribution >= 0.6 is 0 Å². The third kappa shape index (κ3) is 3.73. The van der Waals surface area contributed by atoms with Gasteiger partial charge in [0.1, 0.15) is 6.33 Å². The Morgan fingerprint density at radius 3 is 2.83 bits per heavy atom. The Morgan fingerprint density at radius 1 is 1.39 bits per heavy atom. The average Bonchev–Trinajstić information content (AvgIpc) is 2.41. The van der Waals surface area contributed by atoms with E-state index < -0.39 is 0 Å². The van der Waals surface area contributed by atoms with E-state index in [1.165, 1.54) is 0 Å². The summed E-state index contributed by atoms with van der Waals surface area (Å²) < 4.78 is 5.39. The molecule has 100 valence electrons. The van der Waals surface area contributed by atoms with E-state index in [0.717, 1.165) is 45.1 Å². The quantitative estimate of drug-likeness (QED) is 0.832. The number of rotatable bonds is 5. The van der Waals surface area contributed by atoms with Crippen LogP contribution in [0.15, 0.2) is 18.6 Å². The highest BCUT2D eigenvalue weighted by Crippen LogP contribution is 2.15. The van der Waals surface area contributed by atoms with E-state index in [1.807, 2.05) is 6.07 Å². The minimum atomic E-state index is 0.150. The maximum Gasteiger partial charge on any atom is 0.115 e. The van der Waals surface area contributed by atoms with Gasteiger partial charge in [-0.15, -0.1) is 0 Å². The van der Waals surface area contributed by atoms with Crippen LogP contribution in [0.1, 0.15) is 19.5 Å². The molecule has 1 aliphatic heterocycles. The van der Waals surface area contributed by atoms with Gasteiger partial charge in [-0.2, -0.15) is 0 Å². The average molecular weight is 250 g/mol. The molecule has 0 aromatic carbocycles. The molecular formula is C13H22N4O. The van der Waals surface area contributed by atoms with Gasteiger partial charge in [-0.1, -0.05) is 0 Å². The van der Waals surface area contributed by atoms with Crippen LogP contribution in [0.2, 0.25) is 0 Å². The van der Waals surface area contributed by atoms with Crippen LogP contribution in [0.4, 0.5) is 0 Å². The molecule has 0 radical (unpaired) electrons. The fourth-order valence-electron chi connectivity index (χ4n) is 2.20. The van der Waals surface area contributed by atoms with Crippen molar-refractivity contribution in [2.24, 2.45) is 0 Å². The summed E-state index contributed by atoms with van der Waals surface area (Å²) in [5.41, 5.74) is 1.18. The fourth-order valence-corrected chi connectivity index (χ4v) is 2.20. The fraction of sp³-hybridized carbons (Fsp3) is 0.692. The molecule has 5 nitrogen and oxygen atoms in total. The molecule has 1 N–H and O–H groups in total. The van der Waals surface area contributed by atoms with Crippen LogP contribution in [0, 0.1) is 0 Å². The van der Waals surface area contributed by atoms with E-state index >= 15 is 0 Å².